The van der Waals surface area contributed by atoms with E-state index in [0.29, 0.717) is 35.9 Å². The minimum absolute atomic E-state index is 0.0190. The van der Waals surface area contributed by atoms with Crippen LogP contribution in [0.4, 0.5) is 5.69 Å². The van der Waals surface area contributed by atoms with Gasteiger partial charge in [-0.25, -0.2) is 5.01 Å². The number of allylic oxidation sites excluding steroid dienone is 2. The molecule has 0 spiro atoms. The quantitative estimate of drug-likeness (QED) is 0.801. The van der Waals surface area contributed by atoms with Gasteiger partial charge in [-0.2, -0.15) is 0 Å². The Hall–Kier alpha value is -2.63. The molecule has 3 amide bonds. The summed E-state index contributed by atoms with van der Waals surface area (Å²) in [4.78, 5) is 40.4. The van der Waals surface area contributed by atoms with E-state index in [4.69, 9.17) is 0 Å². The van der Waals surface area contributed by atoms with Crippen molar-refractivity contribution in [3.63, 3.8) is 0 Å². The highest BCUT2D eigenvalue weighted by atomic mass is 16.2. The number of amides is 3. The fourth-order valence-corrected chi connectivity index (χ4v) is 4.77. The number of carbonyl (C=O) groups excluding carboxylic acids is 3. The molecular formula is C22H27N3O3. The number of hydrazine groups is 1. The molecule has 3 aliphatic rings. The van der Waals surface area contributed by atoms with Crippen molar-refractivity contribution in [3.8, 4) is 0 Å². The first kappa shape index (κ1) is 18.7. The maximum absolute atomic E-state index is 13.0. The first-order valence-electron chi connectivity index (χ1n) is 10.1. The molecule has 0 aromatic heterocycles. The topological polar surface area (TPSA) is 69.7 Å². The number of carbonyl (C=O) groups is 3. The van der Waals surface area contributed by atoms with Crippen LogP contribution in [-0.2, 0) is 9.59 Å². The Labute approximate surface area is 165 Å². The zero-order valence-electron chi connectivity index (χ0n) is 16.4. The van der Waals surface area contributed by atoms with Gasteiger partial charge in [-0.05, 0) is 49.3 Å². The van der Waals surface area contributed by atoms with Crippen LogP contribution in [0.15, 0.2) is 36.4 Å². The first-order chi connectivity index (χ1) is 13.4. The lowest BCUT2D eigenvalue weighted by molar-refractivity contribution is -0.139. The van der Waals surface area contributed by atoms with E-state index in [1.165, 1.54) is 5.01 Å². The van der Waals surface area contributed by atoms with Crippen LogP contribution in [0.25, 0.3) is 0 Å². The summed E-state index contributed by atoms with van der Waals surface area (Å²) in [6.07, 6.45) is 6.24. The number of hydrogen-bond acceptors (Lipinski definition) is 3. The normalized spacial score (nSPS) is 30.1. The van der Waals surface area contributed by atoms with E-state index in [9.17, 15) is 14.4 Å². The van der Waals surface area contributed by atoms with Crippen molar-refractivity contribution in [1.82, 2.24) is 10.3 Å². The van der Waals surface area contributed by atoms with Gasteiger partial charge in [0.05, 0.1) is 17.5 Å². The number of nitrogens with zero attached hydrogens (tertiary/aromatic N) is 2. The number of benzene rings is 1. The van der Waals surface area contributed by atoms with Gasteiger partial charge in [0.15, 0.2) is 0 Å². The predicted molar refractivity (Wildman–Crippen MR) is 106 cm³/mol. The van der Waals surface area contributed by atoms with Crippen LogP contribution in [0.3, 0.4) is 0 Å². The van der Waals surface area contributed by atoms with Gasteiger partial charge in [0.25, 0.3) is 5.91 Å². The monoisotopic (exact) mass is 381 g/mol. The third kappa shape index (κ3) is 3.43. The van der Waals surface area contributed by atoms with Crippen molar-refractivity contribution < 1.29 is 14.4 Å². The highest BCUT2D eigenvalue weighted by Gasteiger charge is 2.42. The Morgan fingerprint density at radius 2 is 1.71 bits per heavy atom. The van der Waals surface area contributed by atoms with Crippen molar-refractivity contribution in [2.75, 3.05) is 18.1 Å². The van der Waals surface area contributed by atoms with Crippen molar-refractivity contribution in [3.05, 3.63) is 42.0 Å². The second-order valence-electron chi connectivity index (χ2n) is 8.51. The standard InChI is InChI=1S/C22H27N3O3/c1-14-10-15(2)13-24(12-14)21(27)16-6-5-7-17(11-16)25-22(28)19-9-4-3-8-18(19)20(26)23-25/h3-7,11,14-15,18-19H,8-10,12-13H2,1-2H3,(H,23,26). The van der Waals surface area contributed by atoms with Crippen molar-refractivity contribution in [2.24, 2.45) is 23.7 Å². The molecule has 0 saturated carbocycles. The average Bonchev–Trinajstić information content (AvgIpc) is 2.69. The maximum atomic E-state index is 13.0. The SMILES string of the molecule is CC1CC(C)CN(C(=O)c2cccc(N3NC(=O)C4CC=CCC4C3=O)c2)C1. The third-order valence-corrected chi connectivity index (χ3v) is 6.04. The van der Waals surface area contributed by atoms with Crippen LogP contribution < -0.4 is 10.4 Å². The van der Waals surface area contributed by atoms with E-state index >= 15 is 0 Å². The lowest BCUT2D eigenvalue weighted by atomic mass is 9.80. The van der Waals surface area contributed by atoms with Gasteiger partial charge in [-0.1, -0.05) is 32.1 Å². The summed E-state index contributed by atoms with van der Waals surface area (Å²) < 4.78 is 0. The average molecular weight is 381 g/mol. The summed E-state index contributed by atoms with van der Waals surface area (Å²) in [6, 6.07) is 7.02. The number of fused-ring (bicyclic) bond motifs is 1. The molecule has 2 saturated heterocycles. The summed E-state index contributed by atoms with van der Waals surface area (Å²) in [7, 11) is 0. The summed E-state index contributed by atoms with van der Waals surface area (Å²) in [5, 5.41) is 1.32. The molecule has 4 unspecified atom stereocenters. The van der Waals surface area contributed by atoms with E-state index in [2.05, 4.69) is 19.3 Å². The van der Waals surface area contributed by atoms with Gasteiger partial charge in [0, 0.05) is 18.7 Å². The van der Waals surface area contributed by atoms with Gasteiger partial charge in [-0.15, -0.1) is 0 Å². The Balaban J connectivity index is 1.57. The Morgan fingerprint density at radius 3 is 2.43 bits per heavy atom. The Morgan fingerprint density at radius 1 is 1.04 bits per heavy atom. The zero-order chi connectivity index (χ0) is 19.8. The second-order valence-corrected chi connectivity index (χ2v) is 8.51. The highest BCUT2D eigenvalue weighted by Crippen LogP contribution is 2.32. The minimum atomic E-state index is -0.332. The molecule has 6 nitrogen and oxygen atoms in total. The fourth-order valence-electron chi connectivity index (χ4n) is 4.77. The van der Waals surface area contributed by atoms with E-state index in [0.717, 1.165) is 19.5 Å². The molecule has 148 valence electrons. The van der Waals surface area contributed by atoms with Gasteiger partial charge < -0.3 is 4.90 Å². The molecule has 1 N–H and O–H groups in total. The fraction of sp³-hybridized carbons (Fsp3) is 0.500. The molecule has 4 atom stereocenters. The van der Waals surface area contributed by atoms with Crippen LogP contribution in [0.1, 0.15) is 43.5 Å². The van der Waals surface area contributed by atoms with Crippen molar-refractivity contribution in [2.45, 2.75) is 33.1 Å². The first-order valence-corrected chi connectivity index (χ1v) is 10.1. The number of rotatable bonds is 2. The summed E-state index contributed by atoms with van der Waals surface area (Å²) in [6.45, 7) is 5.85. The lowest BCUT2D eigenvalue weighted by Gasteiger charge is -2.38. The molecule has 2 fully saturated rings. The van der Waals surface area contributed by atoms with Gasteiger partial charge in [0.1, 0.15) is 0 Å². The molecule has 1 aromatic rings. The molecule has 28 heavy (non-hydrogen) atoms. The Bertz CT molecular complexity index is 824. The summed E-state index contributed by atoms with van der Waals surface area (Å²) in [5.41, 5.74) is 3.81. The lowest BCUT2D eigenvalue weighted by Crippen LogP contribution is -2.59. The third-order valence-electron chi connectivity index (χ3n) is 6.04. The molecular weight excluding hydrogens is 354 g/mol. The number of nitrogens with one attached hydrogen (secondary N) is 1. The van der Waals surface area contributed by atoms with Crippen LogP contribution in [0, 0.1) is 23.7 Å². The van der Waals surface area contributed by atoms with Crippen molar-refractivity contribution >= 4 is 23.4 Å². The largest absolute Gasteiger partial charge is 0.338 e. The van der Waals surface area contributed by atoms with Crippen LogP contribution in [-0.4, -0.2) is 35.7 Å². The zero-order valence-corrected chi connectivity index (χ0v) is 16.4. The number of anilines is 1. The van der Waals surface area contributed by atoms with Crippen LogP contribution >= 0.6 is 0 Å². The molecule has 0 radical (unpaired) electrons. The molecule has 6 heteroatoms. The van der Waals surface area contributed by atoms with Gasteiger partial charge in [-0.3, -0.25) is 19.8 Å². The predicted octanol–water partition coefficient (Wildman–Crippen LogP) is 2.76. The van der Waals surface area contributed by atoms with Crippen LogP contribution in [0.5, 0.6) is 0 Å². The molecule has 2 heterocycles. The van der Waals surface area contributed by atoms with E-state index in [-0.39, 0.29) is 29.6 Å². The molecule has 0 bridgehead atoms. The minimum Gasteiger partial charge on any atom is -0.338 e. The van der Waals surface area contributed by atoms with Gasteiger partial charge in [0.2, 0.25) is 11.8 Å². The van der Waals surface area contributed by atoms with E-state index < -0.39 is 0 Å². The second kappa shape index (κ2) is 7.41. The van der Waals surface area contributed by atoms with Crippen LogP contribution in [0.2, 0.25) is 0 Å². The number of hydrogen-bond donors (Lipinski definition) is 1. The van der Waals surface area contributed by atoms with Gasteiger partial charge >= 0.3 is 0 Å². The maximum Gasteiger partial charge on any atom is 0.253 e. The van der Waals surface area contributed by atoms with E-state index in [1.807, 2.05) is 17.1 Å². The highest BCUT2D eigenvalue weighted by molar-refractivity contribution is 6.05. The summed E-state index contributed by atoms with van der Waals surface area (Å²) >= 11 is 0. The Kier molecular flexibility index (Phi) is 4.96. The van der Waals surface area contributed by atoms with Crippen molar-refractivity contribution in [1.29, 1.82) is 0 Å². The number of likely N-dealkylation sites (tertiary alicyclic amines) is 1. The van der Waals surface area contributed by atoms with E-state index in [1.54, 1.807) is 24.3 Å². The smallest absolute Gasteiger partial charge is 0.253 e. The number of piperidine rings is 1. The summed E-state index contributed by atoms with van der Waals surface area (Å²) in [5.74, 6) is 0.0692. The molecule has 4 rings (SSSR count). The molecule has 1 aromatic carbocycles. The molecule has 1 aliphatic carbocycles. The molecule has 2 aliphatic heterocycles.